The Balaban J connectivity index is 1.81. The molecule has 5 nitrogen and oxygen atoms in total. The van der Waals surface area contributed by atoms with Gasteiger partial charge in [-0.2, -0.15) is 0 Å². The van der Waals surface area contributed by atoms with Gasteiger partial charge in [0.1, 0.15) is 11.3 Å². The molecule has 20 heavy (non-hydrogen) atoms. The highest BCUT2D eigenvalue weighted by atomic mass is 79.9. The molecular weight excluding hydrogens is 344 g/mol. The largest absolute Gasteiger partial charge is 0.379 e. The molecule has 2 aromatic heterocycles. The van der Waals surface area contributed by atoms with E-state index >= 15 is 0 Å². The molecule has 0 unspecified atom stereocenters. The molecule has 0 spiro atoms. The summed E-state index contributed by atoms with van der Waals surface area (Å²) in [5.41, 5.74) is 1.79. The van der Waals surface area contributed by atoms with Crippen molar-refractivity contribution in [1.82, 2.24) is 19.4 Å². The third kappa shape index (κ3) is 2.98. The SMILES string of the molecule is ClCc1nc2cc(Br)cnc2n1CCN1CCOCC1. The fraction of sp³-hybridized carbons (Fsp3) is 0.538. The van der Waals surface area contributed by atoms with Crippen LogP contribution in [0.2, 0.25) is 0 Å². The highest BCUT2D eigenvalue weighted by Crippen LogP contribution is 2.19. The van der Waals surface area contributed by atoms with Crippen LogP contribution in [0.4, 0.5) is 0 Å². The maximum absolute atomic E-state index is 6.01. The summed E-state index contributed by atoms with van der Waals surface area (Å²) in [4.78, 5) is 11.4. The van der Waals surface area contributed by atoms with Gasteiger partial charge in [-0.05, 0) is 22.0 Å². The highest BCUT2D eigenvalue weighted by Gasteiger charge is 2.14. The standard InChI is InChI=1S/C13H16BrClN4O/c14-10-7-11-13(16-9-10)19(12(8-15)17-11)2-1-18-3-5-20-6-4-18/h7,9H,1-6,8H2. The summed E-state index contributed by atoms with van der Waals surface area (Å²) in [6, 6.07) is 1.98. The lowest BCUT2D eigenvalue weighted by molar-refractivity contribution is 0.0364. The van der Waals surface area contributed by atoms with Crippen LogP contribution in [0.15, 0.2) is 16.7 Å². The molecule has 1 fully saturated rings. The van der Waals surface area contributed by atoms with E-state index in [0.717, 1.165) is 60.9 Å². The van der Waals surface area contributed by atoms with Gasteiger partial charge in [0, 0.05) is 36.8 Å². The van der Waals surface area contributed by atoms with Crippen molar-refractivity contribution in [3.63, 3.8) is 0 Å². The molecule has 1 saturated heterocycles. The molecule has 0 amide bonds. The molecule has 1 aliphatic rings. The summed E-state index contributed by atoms with van der Waals surface area (Å²) in [7, 11) is 0. The van der Waals surface area contributed by atoms with Gasteiger partial charge < -0.3 is 9.30 Å². The number of aromatic nitrogens is 3. The molecule has 0 bridgehead atoms. The van der Waals surface area contributed by atoms with Crippen LogP contribution in [0, 0.1) is 0 Å². The summed E-state index contributed by atoms with van der Waals surface area (Å²) >= 11 is 9.43. The first-order chi connectivity index (χ1) is 9.78. The number of imidazole rings is 1. The summed E-state index contributed by atoms with van der Waals surface area (Å²) in [6.45, 7) is 5.43. The van der Waals surface area contributed by atoms with E-state index in [2.05, 4.69) is 35.4 Å². The maximum atomic E-state index is 6.01. The molecule has 0 saturated carbocycles. The number of halogens is 2. The lowest BCUT2D eigenvalue weighted by Crippen LogP contribution is -2.38. The van der Waals surface area contributed by atoms with Gasteiger partial charge in [0.05, 0.1) is 19.1 Å². The lowest BCUT2D eigenvalue weighted by Gasteiger charge is -2.26. The number of rotatable bonds is 4. The van der Waals surface area contributed by atoms with E-state index in [4.69, 9.17) is 16.3 Å². The van der Waals surface area contributed by atoms with Crippen LogP contribution in [0.25, 0.3) is 11.2 Å². The van der Waals surface area contributed by atoms with Crippen molar-refractivity contribution in [2.24, 2.45) is 0 Å². The van der Waals surface area contributed by atoms with Crippen LogP contribution >= 0.6 is 27.5 Å². The van der Waals surface area contributed by atoms with Gasteiger partial charge >= 0.3 is 0 Å². The van der Waals surface area contributed by atoms with Gasteiger partial charge in [-0.25, -0.2) is 9.97 Å². The predicted octanol–water partition coefficient (Wildman–Crippen LogP) is 2.26. The fourth-order valence-electron chi connectivity index (χ4n) is 2.44. The van der Waals surface area contributed by atoms with E-state index in [0.29, 0.717) is 5.88 Å². The van der Waals surface area contributed by atoms with Crippen LogP contribution in [0.3, 0.4) is 0 Å². The second kappa shape index (κ2) is 6.39. The van der Waals surface area contributed by atoms with Gasteiger partial charge in [-0.3, -0.25) is 4.90 Å². The number of hydrogen-bond acceptors (Lipinski definition) is 4. The van der Waals surface area contributed by atoms with Crippen molar-refractivity contribution in [3.8, 4) is 0 Å². The van der Waals surface area contributed by atoms with E-state index in [1.165, 1.54) is 0 Å². The molecule has 0 aromatic carbocycles. The quantitative estimate of drug-likeness (QED) is 0.786. The third-order valence-corrected chi connectivity index (χ3v) is 4.17. The minimum atomic E-state index is 0.400. The monoisotopic (exact) mass is 358 g/mol. The van der Waals surface area contributed by atoms with Gasteiger partial charge in [0.15, 0.2) is 5.65 Å². The number of morpholine rings is 1. The first kappa shape index (κ1) is 14.3. The Kier molecular flexibility index (Phi) is 4.55. The van der Waals surface area contributed by atoms with Crippen molar-refractivity contribution >= 4 is 38.7 Å². The number of pyridine rings is 1. The predicted molar refractivity (Wildman–Crippen MR) is 82.0 cm³/mol. The third-order valence-electron chi connectivity index (χ3n) is 3.49. The van der Waals surface area contributed by atoms with E-state index in [1.807, 2.05) is 6.07 Å². The zero-order chi connectivity index (χ0) is 13.9. The van der Waals surface area contributed by atoms with Crippen molar-refractivity contribution in [2.45, 2.75) is 12.4 Å². The fourth-order valence-corrected chi connectivity index (χ4v) is 2.96. The van der Waals surface area contributed by atoms with E-state index < -0.39 is 0 Å². The van der Waals surface area contributed by atoms with E-state index in [9.17, 15) is 0 Å². The van der Waals surface area contributed by atoms with Crippen molar-refractivity contribution in [1.29, 1.82) is 0 Å². The minimum absolute atomic E-state index is 0.400. The molecule has 0 aliphatic carbocycles. The van der Waals surface area contributed by atoms with Crippen LogP contribution in [0.5, 0.6) is 0 Å². The average molecular weight is 360 g/mol. The summed E-state index contributed by atoms with van der Waals surface area (Å²) in [5, 5.41) is 0. The second-order valence-corrected chi connectivity index (χ2v) is 5.95. The number of alkyl halides is 1. The lowest BCUT2D eigenvalue weighted by atomic mass is 10.4. The maximum Gasteiger partial charge on any atom is 0.160 e. The van der Waals surface area contributed by atoms with Crippen LogP contribution < -0.4 is 0 Å². The Morgan fingerprint density at radius 1 is 1.30 bits per heavy atom. The van der Waals surface area contributed by atoms with Gasteiger partial charge in [0.2, 0.25) is 0 Å². The number of hydrogen-bond donors (Lipinski definition) is 0. The van der Waals surface area contributed by atoms with Gasteiger partial charge in [-0.1, -0.05) is 0 Å². The Labute approximate surface area is 131 Å². The Morgan fingerprint density at radius 3 is 2.85 bits per heavy atom. The van der Waals surface area contributed by atoms with Crippen molar-refractivity contribution in [2.75, 3.05) is 32.8 Å². The second-order valence-electron chi connectivity index (χ2n) is 4.76. The Hall–Kier alpha value is -0.690. The smallest absolute Gasteiger partial charge is 0.160 e. The summed E-state index contributed by atoms with van der Waals surface area (Å²) < 4.78 is 8.42. The number of fused-ring (bicyclic) bond motifs is 1. The van der Waals surface area contributed by atoms with Crippen molar-refractivity contribution < 1.29 is 4.74 Å². The van der Waals surface area contributed by atoms with Gasteiger partial charge in [0.25, 0.3) is 0 Å². The topological polar surface area (TPSA) is 43.2 Å². The Bertz CT molecular complexity index is 597. The molecule has 3 heterocycles. The Morgan fingerprint density at radius 2 is 2.10 bits per heavy atom. The first-order valence-corrected chi connectivity index (χ1v) is 7.97. The van der Waals surface area contributed by atoms with Crippen LogP contribution in [-0.2, 0) is 17.2 Å². The number of ether oxygens (including phenoxy) is 1. The molecule has 7 heteroatoms. The highest BCUT2D eigenvalue weighted by molar-refractivity contribution is 9.10. The molecule has 1 aliphatic heterocycles. The van der Waals surface area contributed by atoms with Gasteiger partial charge in [-0.15, -0.1) is 11.6 Å². The van der Waals surface area contributed by atoms with Crippen LogP contribution in [0.1, 0.15) is 5.82 Å². The zero-order valence-corrected chi connectivity index (χ0v) is 13.4. The van der Waals surface area contributed by atoms with E-state index in [-0.39, 0.29) is 0 Å². The van der Waals surface area contributed by atoms with E-state index in [1.54, 1.807) is 6.20 Å². The van der Waals surface area contributed by atoms with Crippen LogP contribution in [-0.4, -0.2) is 52.3 Å². The molecule has 0 atom stereocenters. The number of nitrogens with zero attached hydrogens (tertiary/aromatic N) is 4. The summed E-state index contributed by atoms with van der Waals surface area (Å²) in [6.07, 6.45) is 1.80. The molecule has 108 valence electrons. The zero-order valence-electron chi connectivity index (χ0n) is 11.1. The molecule has 0 radical (unpaired) electrons. The molecular formula is C13H16BrClN4O. The first-order valence-electron chi connectivity index (χ1n) is 6.64. The average Bonchev–Trinajstić information content (AvgIpc) is 2.83. The molecule has 0 N–H and O–H groups in total. The normalized spacial score (nSPS) is 16.9. The summed E-state index contributed by atoms with van der Waals surface area (Å²) in [5.74, 6) is 1.28. The molecule has 3 rings (SSSR count). The molecule has 2 aromatic rings. The minimum Gasteiger partial charge on any atom is -0.379 e. The van der Waals surface area contributed by atoms with Crippen molar-refractivity contribution in [3.05, 3.63) is 22.6 Å².